The number of halogens is 1. The fourth-order valence-electron chi connectivity index (χ4n) is 2.87. The third-order valence-electron chi connectivity index (χ3n) is 3.85. The van der Waals surface area contributed by atoms with Crippen LogP contribution in [0.4, 0.5) is 5.69 Å². The molecule has 0 bridgehead atoms. The fourth-order valence-corrected chi connectivity index (χ4v) is 3.07. The van der Waals surface area contributed by atoms with E-state index in [9.17, 15) is 14.7 Å². The van der Waals surface area contributed by atoms with E-state index in [4.69, 9.17) is 11.6 Å². The van der Waals surface area contributed by atoms with Gasteiger partial charge in [-0.05, 0) is 44.9 Å². The van der Waals surface area contributed by atoms with Crippen LogP contribution in [0.5, 0.6) is 0 Å². The molecule has 2 rings (SSSR count). The maximum atomic E-state index is 12.8. The molecule has 0 aliphatic carbocycles. The van der Waals surface area contributed by atoms with Crippen molar-refractivity contribution < 1.29 is 14.7 Å². The van der Waals surface area contributed by atoms with Gasteiger partial charge in [0.05, 0.1) is 22.2 Å². The first kappa shape index (κ1) is 16.8. The normalized spacial score (nSPS) is 18.4. The summed E-state index contributed by atoms with van der Waals surface area (Å²) in [6.07, 6.45) is 1.61. The van der Waals surface area contributed by atoms with Gasteiger partial charge < -0.3 is 15.3 Å². The number of hydrogen-bond donors (Lipinski definition) is 2. The predicted octanol–water partition coefficient (Wildman–Crippen LogP) is 2.67. The summed E-state index contributed by atoms with van der Waals surface area (Å²) in [4.78, 5) is 25.6. The molecule has 0 aromatic heterocycles. The van der Waals surface area contributed by atoms with Crippen molar-refractivity contribution in [2.45, 2.75) is 45.3 Å². The van der Waals surface area contributed by atoms with Gasteiger partial charge in [0.1, 0.15) is 0 Å². The average Bonchev–Trinajstić information content (AvgIpc) is 2.89. The van der Waals surface area contributed by atoms with Gasteiger partial charge in [-0.1, -0.05) is 11.6 Å². The van der Waals surface area contributed by atoms with Gasteiger partial charge in [0.25, 0.3) is 5.91 Å². The van der Waals surface area contributed by atoms with Crippen LogP contribution in [-0.4, -0.2) is 40.0 Å². The van der Waals surface area contributed by atoms with Gasteiger partial charge in [0.15, 0.2) is 0 Å². The smallest absolute Gasteiger partial charge is 0.255 e. The highest BCUT2D eigenvalue weighted by Gasteiger charge is 2.39. The topological polar surface area (TPSA) is 69.6 Å². The predicted molar refractivity (Wildman–Crippen MR) is 86.1 cm³/mol. The molecule has 0 saturated carbocycles. The summed E-state index contributed by atoms with van der Waals surface area (Å²) in [5, 5.41) is 13.2. The van der Waals surface area contributed by atoms with Crippen LogP contribution < -0.4 is 5.32 Å². The number of nitrogens with zero attached hydrogens (tertiary/aromatic N) is 1. The van der Waals surface area contributed by atoms with Gasteiger partial charge in [-0.2, -0.15) is 0 Å². The lowest BCUT2D eigenvalue weighted by atomic mass is 9.96. The number of nitrogens with one attached hydrogen (secondary N) is 1. The lowest BCUT2D eigenvalue weighted by Crippen LogP contribution is -2.48. The van der Waals surface area contributed by atoms with E-state index in [0.29, 0.717) is 22.8 Å². The number of aliphatic hydroxyl groups is 1. The summed E-state index contributed by atoms with van der Waals surface area (Å²) in [6.45, 7) is 5.41. The molecule has 22 heavy (non-hydrogen) atoms. The zero-order chi connectivity index (χ0) is 16.5. The van der Waals surface area contributed by atoms with Crippen molar-refractivity contribution >= 4 is 29.1 Å². The lowest BCUT2D eigenvalue weighted by molar-refractivity contribution is -0.114. The second kappa shape index (κ2) is 6.26. The standard InChI is InChI=1S/C16H21ClN2O3/c1-10(20)18-11-6-7-13(17)12(9-11)15(21)19-8-4-5-14(19)16(2,3)22/h6-7,9,14,22H,4-5,8H2,1-3H3,(H,18,20). The Morgan fingerprint density at radius 3 is 2.68 bits per heavy atom. The Morgan fingerprint density at radius 2 is 2.09 bits per heavy atom. The van der Waals surface area contributed by atoms with Gasteiger partial charge in [-0.3, -0.25) is 9.59 Å². The van der Waals surface area contributed by atoms with Gasteiger partial charge >= 0.3 is 0 Å². The molecule has 6 heteroatoms. The highest BCUT2D eigenvalue weighted by Crippen LogP contribution is 2.30. The van der Waals surface area contributed by atoms with Crippen LogP contribution in [0, 0.1) is 0 Å². The number of anilines is 1. The first-order chi connectivity index (χ1) is 10.2. The third-order valence-corrected chi connectivity index (χ3v) is 4.18. The molecule has 1 aromatic rings. The van der Waals surface area contributed by atoms with E-state index in [2.05, 4.69) is 5.32 Å². The van der Waals surface area contributed by atoms with Gasteiger partial charge in [0, 0.05) is 19.2 Å². The molecular formula is C16H21ClN2O3. The number of amides is 2. The molecule has 1 unspecified atom stereocenters. The van der Waals surface area contributed by atoms with E-state index in [-0.39, 0.29) is 17.9 Å². The number of hydrogen-bond acceptors (Lipinski definition) is 3. The van der Waals surface area contributed by atoms with E-state index < -0.39 is 5.60 Å². The minimum absolute atomic E-state index is 0.212. The Balaban J connectivity index is 2.30. The van der Waals surface area contributed by atoms with Crippen molar-refractivity contribution in [3.63, 3.8) is 0 Å². The van der Waals surface area contributed by atoms with E-state index in [1.807, 2.05) is 0 Å². The summed E-state index contributed by atoms with van der Waals surface area (Å²) in [5.74, 6) is -0.432. The van der Waals surface area contributed by atoms with Crippen LogP contribution in [-0.2, 0) is 4.79 Å². The Bertz CT molecular complexity index is 596. The Morgan fingerprint density at radius 1 is 1.41 bits per heavy atom. The summed E-state index contributed by atoms with van der Waals surface area (Å²) < 4.78 is 0. The summed E-state index contributed by atoms with van der Waals surface area (Å²) >= 11 is 6.15. The van der Waals surface area contributed by atoms with Crippen LogP contribution in [0.15, 0.2) is 18.2 Å². The van der Waals surface area contributed by atoms with Crippen molar-refractivity contribution in [3.8, 4) is 0 Å². The number of benzene rings is 1. The molecule has 1 atom stereocenters. The van der Waals surface area contributed by atoms with Crippen molar-refractivity contribution in [1.82, 2.24) is 4.90 Å². The Kier molecular flexibility index (Phi) is 4.78. The Hall–Kier alpha value is -1.59. The SMILES string of the molecule is CC(=O)Nc1ccc(Cl)c(C(=O)N2CCCC2C(C)(C)O)c1. The average molecular weight is 325 g/mol. The molecule has 1 aliphatic rings. The highest BCUT2D eigenvalue weighted by molar-refractivity contribution is 6.34. The van der Waals surface area contributed by atoms with Crippen molar-refractivity contribution in [2.24, 2.45) is 0 Å². The molecule has 120 valence electrons. The molecular weight excluding hydrogens is 304 g/mol. The molecule has 1 aromatic carbocycles. The van der Waals surface area contributed by atoms with Crippen LogP contribution in [0.2, 0.25) is 5.02 Å². The molecule has 1 fully saturated rings. The first-order valence-corrected chi connectivity index (χ1v) is 7.68. The van der Waals surface area contributed by atoms with Crippen LogP contribution in [0.1, 0.15) is 44.0 Å². The van der Waals surface area contributed by atoms with Crippen LogP contribution in [0.25, 0.3) is 0 Å². The molecule has 1 saturated heterocycles. The quantitative estimate of drug-likeness (QED) is 0.898. The van der Waals surface area contributed by atoms with Gasteiger partial charge in [-0.25, -0.2) is 0 Å². The lowest BCUT2D eigenvalue weighted by Gasteiger charge is -2.34. The molecule has 2 N–H and O–H groups in total. The molecule has 0 spiro atoms. The summed E-state index contributed by atoms with van der Waals surface area (Å²) in [6, 6.07) is 4.58. The minimum atomic E-state index is -0.964. The third kappa shape index (κ3) is 3.59. The molecule has 1 heterocycles. The zero-order valence-electron chi connectivity index (χ0n) is 13.0. The van der Waals surface area contributed by atoms with Gasteiger partial charge in [-0.15, -0.1) is 0 Å². The zero-order valence-corrected chi connectivity index (χ0v) is 13.8. The van der Waals surface area contributed by atoms with Crippen LogP contribution in [0.3, 0.4) is 0 Å². The number of rotatable bonds is 3. The maximum Gasteiger partial charge on any atom is 0.255 e. The molecule has 2 amide bonds. The van der Waals surface area contributed by atoms with Crippen molar-refractivity contribution in [3.05, 3.63) is 28.8 Å². The maximum absolute atomic E-state index is 12.8. The minimum Gasteiger partial charge on any atom is -0.388 e. The number of carbonyl (C=O) groups excluding carboxylic acids is 2. The second-order valence-electron chi connectivity index (χ2n) is 6.19. The van der Waals surface area contributed by atoms with E-state index >= 15 is 0 Å². The van der Waals surface area contributed by atoms with E-state index in [1.165, 1.54) is 6.92 Å². The van der Waals surface area contributed by atoms with Crippen molar-refractivity contribution in [2.75, 3.05) is 11.9 Å². The van der Waals surface area contributed by atoms with Gasteiger partial charge in [0.2, 0.25) is 5.91 Å². The fraction of sp³-hybridized carbons (Fsp3) is 0.500. The number of carbonyl (C=O) groups is 2. The van der Waals surface area contributed by atoms with E-state index in [1.54, 1.807) is 36.9 Å². The monoisotopic (exact) mass is 324 g/mol. The number of likely N-dealkylation sites (tertiary alicyclic amines) is 1. The first-order valence-electron chi connectivity index (χ1n) is 7.30. The molecule has 5 nitrogen and oxygen atoms in total. The van der Waals surface area contributed by atoms with Crippen molar-refractivity contribution in [1.29, 1.82) is 0 Å². The largest absolute Gasteiger partial charge is 0.388 e. The highest BCUT2D eigenvalue weighted by atomic mass is 35.5. The molecule has 1 aliphatic heterocycles. The van der Waals surface area contributed by atoms with E-state index in [0.717, 1.165) is 12.8 Å². The summed E-state index contributed by atoms with van der Waals surface area (Å²) in [7, 11) is 0. The van der Waals surface area contributed by atoms with Crippen LogP contribution >= 0.6 is 11.6 Å². The Labute approximate surface area is 135 Å². The second-order valence-corrected chi connectivity index (χ2v) is 6.59. The molecule has 0 radical (unpaired) electrons. The summed E-state index contributed by atoms with van der Waals surface area (Å²) in [5.41, 5.74) is -0.100.